The van der Waals surface area contributed by atoms with E-state index < -0.39 is 12.2 Å². The van der Waals surface area contributed by atoms with Gasteiger partial charge in [-0.3, -0.25) is 4.79 Å². The molecule has 0 unspecified atom stereocenters. The van der Waals surface area contributed by atoms with Crippen LogP contribution in [0.15, 0.2) is 12.1 Å². The minimum atomic E-state index is -2.65. The quantitative estimate of drug-likeness (QED) is 0.691. The number of hydrogen-bond acceptors (Lipinski definition) is 1. The van der Waals surface area contributed by atoms with Gasteiger partial charge in [0.15, 0.2) is 5.78 Å². The van der Waals surface area contributed by atoms with E-state index in [2.05, 4.69) is 0 Å². The highest BCUT2D eigenvalue weighted by Crippen LogP contribution is 2.29. The second kappa shape index (κ2) is 4.05. The molecule has 1 nitrogen and oxygen atoms in total. The van der Waals surface area contributed by atoms with Gasteiger partial charge in [0.25, 0.3) is 6.43 Å². The topological polar surface area (TPSA) is 17.1 Å². The van der Waals surface area contributed by atoms with Gasteiger partial charge >= 0.3 is 0 Å². The summed E-state index contributed by atoms with van der Waals surface area (Å²) < 4.78 is 25.2. The number of Topliss-reactive ketones (excluding diaryl/α,β-unsaturated/α-hetero) is 1. The zero-order valence-corrected chi connectivity index (χ0v) is 8.53. The number of halogens is 3. The standard InChI is InChI=1S/C10H9ClF2O/c1-5-3-7(11)4-8(6(2)14)9(5)10(12)13/h3-4,10H,1-2H3. The Bertz CT molecular complexity index is 375. The van der Waals surface area contributed by atoms with Crippen LogP contribution in [-0.2, 0) is 0 Å². The minimum absolute atomic E-state index is 0.00463. The highest BCUT2D eigenvalue weighted by atomic mass is 35.5. The fourth-order valence-electron chi connectivity index (χ4n) is 1.34. The lowest BCUT2D eigenvalue weighted by Gasteiger charge is -2.10. The number of ketones is 1. The third-order valence-corrected chi connectivity index (χ3v) is 2.17. The summed E-state index contributed by atoms with van der Waals surface area (Å²) in [6, 6.07) is 2.70. The Morgan fingerprint density at radius 1 is 1.43 bits per heavy atom. The highest BCUT2D eigenvalue weighted by Gasteiger charge is 2.19. The van der Waals surface area contributed by atoms with E-state index in [0.29, 0.717) is 10.6 Å². The Hall–Kier alpha value is -0.960. The van der Waals surface area contributed by atoms with E-state index >= 15 is 0 Å². The first-order valence-corrected chi connectivity index (χ1v) is 4.40. The van der Waals surface area contributed by atoms with Gasteiger partial charge in [0.1, 0.15) is 0 Å². The van der Waals surface area contributed by atoms with Crippen LogP contribution in [0.4, 0.5) is 8.78 Å². The summed E-state index contributed by atoms with van der Waals surface area (Å²) in [5.74, 6) is -0.397. The van der Waals surface area contributed by atoms with Crippen molar-refractivity contribution >= 4 is 17.4 Å². The third kappa shape index (κ3) is 2.10. The van der Waals surface area contributed by atoms with Crippen molar-refractivity contribution in [1.29, 1.82) is 0 Å². The molecule has 0 saturated carbocycles. The molecule has 0 bridgehead atoms. The lowest BCUT2D eigenvalue weighted by molar-refractivity contribution is 0.0998. The third-order valence-electron chi connectivity index (χ3n) is 1.95. The molecule has 0 aliphatic carbocycles. The highest BCUT2D eigenvalue weighted by molar-refractivity contribution is 6.31. The van der Waals surface area contributed by atoms with Gasteiger partial charge in [0.2, 0.25) is 0 Å². The molecule has 4 heteroatoms. The largest absolute Gasteiger partial charge is 0.294 e. The van der Waals surface area contributed by atoms with Crippen molar-refractivity contribution < 1.29 is 13.6 Å². The molecule has 0 amide bonds. The molecule has 0 aliphatic rings. The van der Waals surface area contributed by atoms with Gasteiger partial charge in [0, 0.05) is 16.1 Å². The first-order valence-electron chi connectivity index (χ1n) is 4.02. The van der Waals surface area contributed by atoms with Gasteiger partial charge in [-0.2, -0.15) is 0 Å². The van der Waals surface area contributed by atoms with E-state index in [1.165, 1.54) is 26.0 Å². The second-order valence-electron chi connectivity index (χ2n) is 3.04. The Morgan fingerprint density at radius 2 is 2.00 bits per heavy atom. The Morgan fingerprint density at radius 3 is 2.43 bits per heavy atom. The number of rotatable bonds is 2. The summed E-state index contributed by atoms with van der Waals surface area (Å²) in [6.07, 6.45) is -2.65. The molecule has 0 saturated heterocycles. The number of hydrogen-bond donors (Lipinski definition) is 0. The maximum Gasteiger partial charge on any atom is 0.264 e. The number of alkyl halides is 2. The van der Waals surface area contributed by atoms with Crippen molar-refractivity contribution in [3.8, 4) is 0 Å². The predicted molar refractivity (Wildman–Crippen MR) is 51.2 cm³/mol. The molecule has 0 spiro atoms. The minimum Gasteiger partial charge on any atom is -0.294 e. The van der Waals surface area contributed by atoms with Crippen LogP contribution in [0.5, 0.6) is 0 Å². The van der Waals surface area contributed by atoms with Crippen molar-refractivity contribution in [2.45, 2.75) is 20.3 Å². The molecular formula is C10H9ClF2O. The van der Waals surface area contributed by atoms with Crippen LogP contribution in [0.25, 0.3) is 0 Å². The zero-order valence-electron chi connectivity index (χ0n) is 7.77. The average Bonchev–Trinajstić information content (AvgIpc) is 2.01. The molecule has 1 aromatic rings. The van der Waals surface area contributed by atoms with E-state index in [0.717, 1.165) is 0 Å². The normalized spacial score (nSPS) is 10.7. The summed E-state index contributed by atoms with van der Waals surface area (Å²) in [5.41, 5.74) is 0.129. The summed E-state index contributed by atoms with van der Waals surface area (Å²) in [5, 5.41) is 0.303. The molecule has 14 heavy (non-hydrogen) atoms. The van der Waals surface area contributed by atoms with E-state index in [1.54, 1.807) is 0 Å². The van der Waals surface area contributed by atoms with Crippen LogP contribution in [0.2, 0.25) is 5.02 Å². The molecule has 0 atom stereocenters. The van der Waals surface area contributed by atoms with Crippen LogP contribution < -0.4 is 0 Å². The smallest absolute Gasteiger partial charge is 0.264 e. The SMILES string of the molecule is CC(=O)c1cc(Cl)cc(C)c1C(F)F. The molecule has 76 valence electrons. The van der Waals surface area contributed by atoms with Gasteiger partial charge in [-0.05, 0) is 31.5 Å². The van der Waals surface area contributed by atoms with E-state index in [-0.39, 0.29) is 11.1 Å². The zero-order chi connectivity index (χ0) is 10.9. The maximum atomic E-state index is 12.6. The van der Waals surface area contributed by atoms with Gasteiger partial charge in [-0.1, -0.05) is 11.6 Å². The summed E-state index contributed by atoms with van der Waals surface area (Å²) in [4.78, 5) is 11.1. The molecular weight excluding hydrogens is 210 g/mol. The summed E-state index contributed by atoms with van der Waals surface area (Å²) >= 11 is 5.67. The molecule has 0 heterocycles. The average molecular weight is 219 g/mol. The van der Waals surface area contributed by atoms with Gasteiger partial charge in [-0.15, -0.1) is 0 Å². The van der Waals surface area contributed by atoms with Crippen molar-refractivity contribution in [1.82, 2.24) is 0 Å². The second-order valence-corrected chi connectivity index (χ2v) is 3.48. The summed E-state index contributed by atoms with van der Waals surface area (Å²) in [7, 11) is 0. The van der Waals surface area contributed by atoms with Crippen LogP contribution in [0, 0.1) is 6.92 Å². The van der Waals surface area contributed by atoms with Gasteiger partial charge in [0.05, 0.1) is 0 Å². The van der Waals surface area contributed by atoms with Gasteiger partial charge in [-0.25, -0.2) is 8.78 Å². The van der Waals surface area contributed by atoms with Crippen LogP contribution in [0.1, 0.15) is 34.8 Å². The lowest BCUT2D eigenvalue weighted by atomic mass is 10.00. The number of carbonyl (C=O) groups excluding carboxylic acids is 1. The van der Waals surface area contributed by atoms with Crippen molar-refractivity contribution in [2.24, 2.45) is 0 Å². The first kappa shape index (κ1) is 11.1. The lowest BCUT2D eigenvalue weighted by Crippen LogP contribution is -2.02. The van der Waals surface area contributed by atoms with Crippen molar-refractivity contribution in [3.63, 3.8) is 0 Å². The van der Waals surface area contributed by atoms with E-state index in [9.17, 15) is 13.6 Å². The van der Waals surface area contributed by atoms with Crippen LogP contribution in [-0.4, -0.2) is 5.78 Å². The molecule has 0 N–H and O–H groups in total. The number of carbonyl (C=O) groups is 1. The van der Waals surface area contributed by atoms with Crippen molar-refractivity contribution in [2.75, 3.05) is 0 Å². The van der Waals surface area contributed by atoms with Crippen LogP contribution in [0.3, 0.4) is 0 Å². The maximum absolute atomic E-state index is 12.6. The molecule has 0 radical (unpaired) electrons. The monoisotopic (exact) mass is 218 g/mol. The molecule has 1 aromatic carbocycles. The number of aryl methyl sites for hydroxylation is 1. The van der Waals surface area contributed by atoms with E-state index in [4.69, 9.17) is 11.6 Å². The molecule has 0 aliphatic heterocycles. The Labute approximate surface area is 85.7 Å². The Balaban J connectivity index is 3.44. The summed E-state index contributed by atoms with van der Waals surface area (Å²) in [6.45, 7) is 2.76. The van der Waals surface area contributed by atoms with Gasteiger partial charge < -0.3 is 0 Å². The fraction of sp³-hybridized carbons (Fsp3) is 0.300. The van der Waals surface area contributed by atoms with Crippen LogP contribution >= 0.6 is 11.6 Å². The molecule has 0 aromatic heterocycles. The van der Waals surface area contributed by atoms with E-state index in [1.807, 2.05) is 0 Å². The number of benzene rings is 1. The predicted octanol–water partition coefficient (Wildman–Crippen LogP) is 3.79. The first-order chi connectivity index (χ1) is 6.43. The Kier molecular flexibility index (Phi) is 3.21. The van der Waals surface area contributed by atoms with Crippen molar-refractivity contribution in [3.05, 3.63) is 33.8 Å². The molecule has 0 fully saturated rings. The molecule has 1 rings (SSSR count). The fourth-order valence-corrected chi connectivity index (χ4v) is 1.61.